The van der Waals surface area contributed by atoms with Crippen LogP contribution in [0.25, 0.3) is 5.69 Å². The topological polar surface area (TPSA) is 60.7 Å². The first-order chi connectivity index (χ1) is 11.6. The fraction of sp³-hybridized carbons (Fsp3) is 0.222. The molecule has 0 bridgehead atoms. The van der Waals surface area contributed by atoms with E-state index in [0.717, 1.165) is 16.8 Å². The Labute approximate surface area is 145 Å². The van der Waals surface area contributed by atoms with E-state index in [2.05, 4.69) is 15.5 Å². The summed E-state index contributed by atoms with van der Waals surface area (Å²) in [4.78, 5) is 12.6. The molecule has 0 amide bonds. The zero-order valence-electron chi connectivity index (χ0n) is 13.8. The number of carbonyl (C=O) groups excluding carboxylic acids is 1. The van der Waals surface area contributed by atoms with Crippen molar-refractivity contribution in [3.63, 3.8) is 0 Å². The predicted molar refractivity (Wildman–Crippen MR) is 94.7 cm³/mol. The van der Waals surface area contributed by atoms with E-state index >= 15 is 0 Å². The molecule has 2 aromatic carbocycles. The van der Waals surface area contributed by atoms with Gasteiger partial charge in [0.05, 0.1) is 10.9 Å². The van der Waals surface area contributed by atoms with E-state index in [0.29, 0.717) is 10.7 Å². The lowest BCUT2D eigenvalue weighted by molar-refractivity contribution is 0.0994. The lowest BCUT2D eigenvalue weighted by atomic mass is 10.1. The van der Waals surface area contributed by atoms with Gasteiger partial charge in [-0.15, -0.1) is 5.10 Å². The maximum absolute atomic E-state index is 12.6. The molecule has 3 rings (SSSR count). The Hall–Kier alpha value is -2.47. The van der Waals surface area contributed by atoms with Crippen molar-refractivity contribution in [3.05, 3.63) is 65.2 Å². The van der Waals surface area contributed by atoms with Gasteiger partial charge in [-0.05, 0) is 42.8 Å². The molecule has 24 heavy (non-hydrogen) atoms. The smallest absolute Gasteiger partial charge is 0.214 e. The van der Waals surface area contributed by atoms with Crippen molar-refractivity contribution in [1.29, 1.82) is 0 Å². The minimum Gasteiger partial charge on any atom is -0.293 e. The van der Waals surface area contributed by atoms with E-state index in [-0.39, 0.29) is 11.0 Å². The molecule has 6 heteroatoms. The summed E-state index contributed by atoms with van der Waals surface area (Å²) in [6, 6.07) is 15.5. The molecule has 1 atom stereocenters. The van der Waals surface area contributed by atoms with E-state index in [1.807, 2.05) is 69.3 Å². The third-order valence-corrected chi connectivity index (χ3v) is 4.81. The number of nitrogens with zero attached hydrogens (tertiary/aromatic N) is 4. The van der Waals surface area contributed by atoms with Gasteiger partial charge in [-0.25, -0.2) is 0 Å². The van der Waals surface area contributed by atoms with Crippen LogP contribution in [0.3, 0.4) is 0 Å². The largest absolute Gasteiger partial charge is 0.293 e. The number of ketones is 1. The van der Waals surface area contributed by atoms with E-state index in [4.69, 9.17) is 0 Å². The predicted octanol–water partition coefficient (Wildman–Crippen LogP) is 3.64. The first-order valence-corrected chi connectivity index (χ1v) is 8.56. The van der Waals surface area contributed by atoms with Gasteiger partial charge < -0.3 is 0 Å². The van der Waals surface area contributed by atoms with Crippen LogP contribution in [0.1, 0.15) is 28.4 Å². The Kier molecular flexibility index (Phi) is 4.76. The number of para-hydroxylation sites is 1. The number of Topliss-reactive ketones (excluding diaryl/α,β-unsaturated/α-hetero) is 1. The molecule has 0 fully saturated rings. The molecule has 3 aromatic rings. The Morgan fingerprint density at radius 2 is 1.79 bits per heavy atom. The molecular weight excluding hydrogens is 320 g/mol. The molecule has 0 N–H and O–H groups in total. The second kappa shape index (κ2) is 6.97. The maximum Gasteiger partial charge on any atom is 0.214 e. The molecule has 122 valence electrons. The quantitative estimate of drug-likeness (QED) is 0.525. The minimum atomic E-state index is -0.276. The third kappa shape index (κ3) is 3.38. The van der Waals surface area contributed by atoms with Crippen molar-refractivity contribution in [2.24, 2.45) is 0 Å². The standard InChI is InChI=1S/C18H18N4OS/c1-12-8-10-15(11-9-12)17(23)14(3)24-18-19-20-21-22(18)16-7-5-4-6-13(16)2/h4-11,14H,1-3H3/t14-/m1/s1. The van der Waals surface area contributed by atoms with Crippen molar-refractivity contribution in [3.8, 4) is 5.69 Å². The Balaban J connectivity index is 1.82. The Morgan fingerprint density at radius 1 is 1.08 bits per heavy atom. The second-order valence-electron chi connectivity index (χ2n) is 5.65. The summed E-state index contributed by atoms with van der Waals surface area (Å²) < 4.78 is 1.68. The van der Waals surface area contributed by atoms with Crippen LogP contribution in [-0.4, -0.2) is 31.2 Å². The normalized spacial score (nSPS) is 12.1. The molecule has 0 radical (unpaired) electrons. The first-order valence-electron chi connectivity index (χ1n) is 7.68. The number of benzene rings is 2. The molecule has 0 unspecified atom stereocenters. The van der Waals surface area contributed by atoms with E-state index in [1.165, 1.54) is 11.8 Å². The molecule has 0 saturated carbocycles. The summed E-state index contributed by atoms with van der Waals surface area (Å²) in [7, 11) is 0. The number of thioether (sulfide) groups is 1. The van der Waals surface area contributed by atoms with Crippen molar-refractivity contribution < 1.29 is 4.79 Å². The van der Waals surface area contributed by atoms with Crippen LogP contribution in [0, 0.1) is 13.8 Å². The SMILES string of the molecule is Cc1ccc(C(=O)[C@@H](C)Sc2nnnn2-c2ccccc2C)cc1. The van der Waals surface area contributed by atoms with Crippen molar-refractivity contribution in [1.82, 2.24) is 20.2 Å². The summed E-state index contributed by atoms with van der Waals surface area (Å²) in [5.74, 6) is 0.0688. The van der Waals surface area contributed by atoms with Crippen LogP contribution in [0.2, 0.25) is 0 Å². The molecule has 0 spiro atoms. The number of carbonyl (C=O) groups is 1. The minimum absolute atomic E-state index is 0.0688. The van der Waals surface area contributed by atoms with Crippen molar-refractivity contribution in [2.45, 2.75) is 31.2 Å². The number of aryl methyl sites for hydroxylation is 2. The molecule has 1 aromatic heterocycles. The average Bonchev–Trinajstić information content (AvgIpc) is 3.03. The highest BCUT2D eigenvalue weighted by Gasteiger charge is 2.20. The van der Waals surface area contributed by atoms with Gasteiger partial charge in [-0.1, -0.05) is 59.8 Å². The molecule has 0 aliphatic rings. The number of hydrogen-bond acceptors (Lipinski definition) is 5. The highest BCUT2D eigenvalue weighted by Crippen LogP contribution is 2.26. The zero-order valence-corrected chi connectivity index (χ0v) is 14.6. The number of rotatable bonds is 5. The van der Waals surface area contributed by atoms with Gasteiger partial charge in [-0.3, -0.25) is 4.79 Å². The molecule has 0 aliphatic heterocycles. The van der Waals surface area contributed by atoms with Gasteiger partial charge in [0.15, 0.2) is 5.78 Å². The van der Waals surface area contributed by atoms with Crippen LogP contribution >= 0.6 is 11.8 Å². The molecular formula is C18H18N4OS. The van der Waals surface area contributed by atoms with E-state index in [1.54, 1.807) is 4.68 Å². The third-order valence-electron chi connectivity index (χ3n) is 3.77. The summed E-state index contributed by atoms with van der Waals surface area (Å²) >= 11 is 1.36. The van der Waals surface area contributed by atoms with E-state index in [9.17, 15) is 4.79 Å². The average molecular weight is 338 g/mol. The van der Waals surface area contributed by atoms with Gasteiger partial charge >= 0.3 is 0 Å². The first kappa shape index (κ1) is 16.4. The fourth-order valence-corrected chi connectivity index (χ4v) is 3.25. The monoisotopic (exact) mass is 338 g/mol. The molecule has 5 nitrogen and oxygen atoms in total. The number of hydrogen-bond donors (Lipinski definition) is 0. The number of tetrazole rings is 1. The van der Waals surface area contributed by atoms with Crippen molar-refractivity contribution >= 4 is 17.5 Å². The van der Waals surface area contributed by atoms with Crippen molar-refractivity contribution in [2.75, 3.05) is 0 Å². The number of aromatic nitrogens is 4. The van der Waals surface area contributed by atoms with Crippen LogP contribution in [0.15, 0.2) is 53.7 Å². The molecule has 0 saturated heterocycles. The summed E-state index contributed by atoms with van der Waals surface area (Å²) in [5.41, 5.74) is 3.83. The van der Waals surface area contributed by atoms with E-state index < -0.39 is 0 Å². The Morgan fingerprint density at radius 3 is 2.50 bits per heavy atom. The van der Waals surface area contributed by atoms with Crippen LogP contribution in [-0.2, 0) is 0 Å². The fourth-order valence-electron chi connectivity index (χ4n) is 2.37. The van der Waals surface area contributed by atoms with Gasteiger partial charge in [0, 0.05) is 5.56 Å². The summed E-state index contributed by atoms with van der Waals surface area (Å²) in [6.07, 6.45) is 0. The van der Waals surface area contributed by atoms with Gasteiger partial charge in [0.2, 0.25) is 5.16 Å². The lowest BCUT2D eigenvalue weighted by Crippen LogP contribution is -2.14. The van der Waals surface area contributed by atoms with Gasteiger partial charge in [0.1, 0.15) is 0 Å². The summed E-state index contributed by atoms with van der Waals surface area (Å²) in [5, 5.41) is 12.2. The zero-order chi connectivity index (χ0) is 17.1. The molecule has 0 aliphatic carbocycles. The van der Waals surface area contributed by atoms with Gasteiger partial charge in [-0.2, -0.15) is 4.68 Å². The Bertz CT molecular complexity index is 857. The highest BCUT2D eigenvalue weighted by atomic mass is 32.2. The lowest BCUT2D eigenvalue weighted by Gasteiger charge is -2.11. The van der Waals surface area contributed by atoms with Gasteiger partial charge in [0.25, 0.3) is 0 Å². The summed E-state index contributed by atoms with van der Waals surface area (Å²) in [6.45, 7) is 5.89. The highest BCUT2D eigenvalue weighted by molar-refractivity contribution is 8.00. The van der Waals surface area contributed by atoms with Crippen LogP contribution in [0.5, 0.6) is 0 Å². The van der Waals surface area contributed by atoms with Crippen LogP contribution < -0.4 is 0 Å². The second-order valence-corrected chi connectivity index (χ2v) is 6.96. The molecule has 1 heterocycles. The maximum atomic E-state index is 12.6. The van der Waals surface area contributed by atoms with Crippen LogP contribution in [0.4, 0.5) is 0 Å².